The van der Waals surface area contributed by atoms with Crippen LogP contribution in [0.2, 0.25) is 0 Å². The van der Waals surface area contributed by atoms with Gasteiger partial charge in [-0.1, -0.05) is 15.9 Å². The summed E-state index contributed by atoms with van der Waals surface area (Å²) >= 11 is 3.35. The van der Waals surface area contributed by atoms with Gasteiger partial charge >= 0.3 is 17.9 Å². The second kappa shape index (κ2) is 8.43. The first-order chi connectivity index (χ1) is 12.7. The average Bonchev–Trinajstić information content (AvgIpc) is 2.57. The van der Waals surface area contributed by atoms with Crippen LogP contribution in [0.25, 0.3) is 6.08 Å². The Morgan fingerprint density at radius 1 is 1.15 bits per heavy atom. The fourth-order valence-corrected chi connectivity index (χ4v) is 2.61. The number of carbonyl (C=O) groups is 3. The van der Waals surface area contributed by atoms with Crippen LogP contribution in [0.3, 0.4) is 0 Å². The summed E-state index contributed by atoms with van der Waals surface area (Å²) in [4.78, 5) is 35.5. The first-order valence-electron chi connectivity index (χ1n) is 8.01. The molecule has 0 aliphatic carbocycles. The van der Waals surface area contributed by atoms with Crippen molar-refractivity contribution in [2.45, 2.75) is 26.6 Å². The molecule has 1 fully saturated rings. The van der Waals surface area contributed by atoms with Crippen molar-refractivity contribution in [3.63, 3.8) is 0 Å². The Labute approximate surface area is 164 Å². The predicted molar refractivity (Wildman–Crippen MR) is 97.1 cm³/mol. The lowest BCUT2D eigenvalue weighted by Gasteiger charge is -2.29. The highest BCUT2D eigenvalue weighted by Crippen LogP contribution is 2.36. The molecule has 27 heavy (non-hydrogen) atoms. The zero-order valence-corrected chi connectivity index (χ0v) is 16.9. The first-order valence-corrected chi connectivity index (χ1v) is 8.80. The van der Waals surface area contributed by atoms with E-state index in [9.17, 15) is 14.4 Å². The van der Waals surface area contributed by atoms with E-state index >= 15 is 0 Å². The molecule has 9 heteroatoms. The number of benzene rings is 1. The molecular formula is C18H19BrO8. The summed E-state index contributed by atoms with van der Waals surface area (Å²) in [5.74, 6) is -2.81. The fraction of sp³-hybridized carbons (Fsp3) is 0.389. The number of esters is 3. The predicted octanol–water partition coefficient (Wildman–Crippen LogP) is 2.62. The summed E-state index contributed by atoms with van der Waals surface area (Å²) in [5, 5.41) is 0. The molecule has 146 valence electrons. The van der Waals surface area contributed by atoms with Gasteiger partial charge in [-0.3, -0.25) is 0 Å². The van der Waals surface area contributed by atoms with E-state index < -0.39 is 23.7 Å². The number of halogens is 1. The monoisotopic (exact) mass is 442 g/mol. The molecular weight excluding hydrogens is 424 g/mol. The topological polar surface area (TPSA) is 97.4 Å². The normalized spacial score (nSPS) is 15.5. The summed E-state index contributed by atoms with van der Waals surface area (Å²) in [6.07, 6.45) is 1.33. The largest absolute Gasteiger partial charge is 0.490 e. The molecule has 0 aromatic heterocycles. The molecule has 8 nitrogen and oxygen atoms in total. The number of cyclic esters (lactones) is 2. The molecule has 2 rings (SSSR count). The van der Waals surface area contributed by atoms with Crippen LogP contribution in [0.1, 0.15) is 26.3 Å². The van der Waals surface area contributed by atoms with Crippen LogP contribution in [0.4, 0.5) is 0 Å². The molecule has 0 N–H and O–H groups in total. The van der Waals surface area contributed by atoms with Crippen molar-refractivity contribution < 1.29 is 38.1 Å². The zero-order chi connectivity index (χ0) is 20.2. The van der Waals surface area contributed by atoms with Gasteiger partial charge in [-0.05, 0) is 30.7 Å². The van der Waals surface area contributed by atoms with Gasteiger partial charge in [0.1, 0.15) is 5.57 Å². The maximum atomic E-state index is 12.1. The van der Waals surface area contributed by atoms with Gasteiger partial charge in [0.05, 0.1) is 13.7 Å². The Morgan fingerprint density at radius 3 is 2.30 bits per heavy atom. The minimum atomic E-state index is -1.31. The molecule has 0 atom stereocenters. The fourth-order valence-electron chi connectivity index (χ4n) is 2.17. The maximum Gasteiger partial charge on any atom is 0.348 e. The summed E-state index contributed by atoms with van der Waals surface area (Å²) in [6, 6.07) is 3.12. The first kappa shape index (κ1) is 20.8. The highest BCUT2D eigenvalue weighted by Gasteiger charge is 2.39. The van der Waals surface area contributed by atoms with Crippen LogP contribution in [-0.4, -0.2) is 44.0 Å². The van der Waals surface area contributed by atoms with Gasteiger partial charge in [0, 0.05) is 18.3 Å². The Balaban J connectivity index is 2.37. The SMILES string of the molecule is CCOc1cc(C=C2C(=O)OC(C)(C)OC2=O)c(Br)cc1OCC(=O)OC. The highest BCUT2D eigenvalue weighted by atomic mass is 79.9. The Hall–Kier alpha value is -2.55. The molecule has 0 unspecified atom stereocenters. The van der Waals surface area contributed by atoms with Crippen molar-refractivity contribution >= 4 is 39.9 Å². The third kappa shape index (κ3) is 5.22. The minimum Gasteiger partial charge on any atom is -0.490 e. The number of methoxy groups -OCH3 is 1. The number of hydrogen-bond acceptors (Lipinski definition) is 8. The molecule has 1 aromatic carbocycles. The molecule has 1 aromatic rings. The van der Waals surface area contributed by atoms with Crippen LogP contribution in [0.15, 0.2) is 22.2 Å². The van der Waals surface area contributed by atoms with Gasteiger partial charge in [0.2, 0.25) is 0 Å². The number of carbonyl (C=O) groups excluding carboxylic acids is 3. The van der Waals surface area contributed by atoms with Crippen molar-refractivity contribution in [3.05, 3.63) is 27.7 Å². The molecule has 0 amide bonds. The van der Waals surface area contributed by atoms with Crippen LogP contribution in [0.5, 0.6) is 11.5 Å². The van der Waals surface area contributed by atoms with Crippen molar-refractivity contribution in [2.75, 3.05) is 20.3 Å². The van der Waals surface area contributed by atoms with Crippen LogP contribution in [-0.2, 0) is 28.6 Å². The molecule has 1 heterocycles. The lowest BCUT2D eigenvalue weighted by Crippen LogP contribution is -2.41. The second-order valence-corrected chi connectivity index (χ2v) is 6.71. The van der Waals surface area contributed by atoms with E-state index in [4.69, 9.17) is 18.9 Å². The minimum absolute atomic E-state index is 0.249. The Kier molecular flexibility index (Phi) is 6.48. The van der Waals surface area contributed by atoms with Gasteiger partial charge in [-0.15, -0.1) is 0 Å². The lowest BCUT2D eigenvalue weighted by molar-refractivity contribution is -0.222. The van der Waals surface area contributed by atoms with Crippen LogP contribution in [0, 0.1) is 0 Å². The summed E-state index contributed by atoms with van der Waals surface area (Å²) in [6.45, 7) is 4.76. The van der Waals surface area contributed by atoms with Crippen molar-refractivity contribution in [1.29, 1.82) is 0 Å². The highest BCUT2D eigenvalue weighted by molar-refractivity contribution is 9.10. The molecule has 0 saturated carbocycles. The van der Waals surface area contributed by atoms with E-state index in [2.05, 4.69) is 20.7 Å². The molecule has 1 aliphatic heterocycles. The Morgan fingerprint density at radius 2 is 1.74 bits per heavy atom. The molecule has 0 radical (unpaired) electrons. The number of rotatable bonds is 6. The molecule has 1 saturated heterocycles. The van der Waals surface area contributed by atoms with Crippen molar-refractivity contribution in [3.8, 4) is 11.5 Å². The average molecular weight is 443 g/mol. The van der Waals surface area contributed by atoms with E-state index in [0.29, 0.717) is 28.1 Å². The maximum absolute atomic E-state index is 12.1. The number of ether oxygens (including phenoxy) is 5. The summed E-state index contributed by atoms with van der Waals surface area (Å²) in [7, 11) is 1.25. The molecule has 0 bridgehead atoms. The second-order valence-electron chi connectivity index (χ2n) is 5.86. The van der Waals surface area contributed by atoms with E-state index in [0.717, 1.165) is 0 Å². The van der Waals surface area contributed by atoms with E-state index in [1.54, 1.807) is 19.1 Å². The van der Waals surface area contributed by atoms with E-state index in [1.807, 2.05) is 0 Å². The molecule has 1 aliphatic rings. The number of hydrogen-bond donors (Lipinski definition) is 0. The van der Waals surface area contributed by atoms with Gasteiger partial charge in [0.15, 0.2) is 18.1 Å². The van der Waals surface area contributed by atoms with Crippen LogP contribution < -0.4 is 9.47 Å². The van der Waals surface area contributed by atoms with Gasteiger partial charge in [-0.2, -0.15) is 0 Å². The van der Waals surface area contributed by atoms with E-state index in [1.165, 1.54) is 27.0 Å². The lowest BCUT2D eigenvalue weighted by atomic mass is 10.1. The van der Waals surface area contributed by atoms with Gasteiger partial charge < -0.3 is 23.7 Å². The van der Waals surface area contributed by atoms with Crippen LogP contribution >= 0.6 is 15.9 Å². The van der Waals surface area contributed by atoms with Gasteiger partial charge in [-0.25, -0.2) is 14.4 Å². The Bertz CT molecular complexity index is 775. The van der Waals surface area contributed by atoms with Crippen molar-refractivity contribution in [2.24, 2.45) is 0 Å². The summed E-state index contributed by atoms with van der Waals surface area (Å²) < 4.78 is 26.1. The smallest absolute Gasteiger partial charge is 0.348 e. The molecule has 0 spiro atoms. The zero-order valence-electron chi connectivity index (χ0n) is 15.3. The standard InChI is InChI=1S/C18H19BrO8/c1-5-24-13-7-10(12(19)8-14(13)25-9-15(20)23-4)6-11-16(21)26-18(2,3)27-17(11)22/h6-8H,5,9H2,1-4H3. The quantitative estimate of drug-likeness (QED) is 0.376. The third-order valence-corrected chi connectivity index (χ3v) is 4.04. The third-order valence-electron chi connectivity index (χ3n) is 3.35. The summed E-state index contributed by atoms with van der Waals surface area (Å²) in [5.41, 5.74) is 0.216. The van der Waals surface area contributed by atoms with Gasteiger partial charge in [0.25, 0.3) is 5.79 Å². The van der Waals surface area contributed by atoms with Crippen molar-refractivity contribution in [1.82, 2.24) is 0 Å². The van der Waals surface area contributed by atoms with E-state index in [-0.39, 0.29) is 12.2 Å².